The Morgan fingerprint density at radius 3 is 1.65 bits per heavy atom. The number of rotatable bonds is 26. The number of nitrogens with zero attached hydrogens (tertiary/aromatic N) is 1. The molecule has 0 aliphatic heterocycles. The molecule has 1 heterocycles. The molecule has 2 aromatic carbocycles. The number of hydrogen-bond donors (Lipinski definition) is 1. The second-order valence-electron chi connectivity index (χ2n) is 13.4. The molecule has 0 unspecified atom stereocenters. The highest BCUT2D eigenvalue weighted by Gasteiger charge is 2.11. The summed E-state index contributed by atoms with van der Waals surface area (Å²) < 4.78 is 11.1. The molecule has 0 atom stereocenters. The lowest BCUT2D eigenvalue weighted by atomic mass is 10.0. The first-order valence-electron chi connectivity index (χ1n) is 19.4. The maximum absolute atomic E-state index is 12.8. The van der Waals surface area contributed by atoms with Crippen molar-refractivity contribution in [3.63, 3.8) is 0 Å². The summed E-state index contributed by atoms with van der Waals surface area (Å²) in [5.74, 6) is 0. The summed E-state index contributed by atoms with van der Waals surface area (Å²) in [6.45, 7) is 8.70. The number of nitrogens with one attached hydrogen (secondary N) is 1. The van der Waals surface area contributed by atoms with Crippen molar-refractivity contribution < 1.29 is 13.9 Å². The van der Waals surface area contributed by atoms with Crippen LogP contribution in [-0.2, 0) is 4.74 Å². The molecule has 6 heteroatoms. The molecule has 3 aromatic rings. The van der Waals surface area contributed by atoms with E-state index in [1.165, 1.54) is 116 Å². The molecule has 0 radical (unpaired) electrons. The molecule has 48 heavy (non-hydrogen) atoms. The molecule has 1 aromatic heterocycles. The third-order valence-corrected chi connectivity index (χ3v) is 9.52. The fraction of sp³-hybridized carbons (Fsp3) is 0.619. The van der Waals surface area contributed by atoms with Crippen molar-refractivity contribution in [2.75, 3.05) is 29.9 Å². The lowest BCUT2D eigenvalue weighted by Crippen LogP contribution is -2.21. The van der Waals surface area contributed by atoms with Crippen LogP contribution in [0.15, 0.2) is 57.7 Å². The number of carbonyl (C=O) groups is 1. The summed E-state index contributed by atoms with van der Waals surface area (Å²) in [5, 5.41) is 3.66. The van der Waals surface area contributed by atoms with Crippen LogP contribution in [0.1, 0.15) is 149 Å². The SMILES string of the molecule is CCCCCCCCCCCCCCCCCCCCCCOC(=O)Nc1ccc(-c2cc3ccc(N(CC)CC)cc3oc2=O)cc1. The molecular weight excluding hydrogens is 596 g/mol. The van der Waals surface area contributed by atoms with Crippen molar-refractivity contribution >= 4 is 28.4 Å². The average Bonchev–Trinajstić information content (AvgIpc) is 3.09. The van der Waals surface area contributed by atoms with Crippen molar-refractivity contribution in [2.45, 2.75) is 149 Å². The minimum Gasteiger partial charge on any atom is -0.449 e. The Morgan fingerprint density at radius 2 is 1.15 bits per heavy atom. The number of carbonyl (C=O) groups excluding carboxylic acids is 1. The van der Waals surface area contributed by atoms with Gasteiger partial charge in [-0.1, -0.05) is 141 Å². The van der Waals surface area contributed by atoms with Gasteiger partial charge in [-0.25, -0.2) is 9.59 Å². The Morgan fingerprint density at radius 1 is 0.646 bits per heavy atom. The quantitative estimate of drug-likeness (QED) is 0.0685. The van der Waals surface area contributed by atoms with Gasteiger partial charge in [-0.3, -0.25) is 5.32 Å². The van der Waals surface area contributed by atoms with Crippen LogP contribution < -0.4 is 15.8 Å². The lowest BCUT2D eigenvalue weighted by Gasteiger charge is -2.21. The third-order valence-electron chi connectivity index (χ3n) is 9.52. The van der Waals surface area contributed by atoms with E-state index < -0.39 is 6.09 Å². The molecule has 0 saturated carbocycles. The normalized spacial score (nSPS) is 11.2. The van der Waals surface area contributed by atoms with Gasteiger partial charge in [-0.2, -0.15) is 0 Å². The molecule has 0 spiro atoms. The predicted octanol–water partition coefficient (Wildman–Crippen LogP) is 12.7. The first kappa shape index (κ1) is 39.2. The van der Waals surface area contributed by atoms with Crippen LogP contribution in [0.3, 0.4) is 0 Å². The topological polar surface area (TPSA) is 71.8 Å². The van der Waals surface area contributed by atoms with Gasteiger partial charge in [0.1, 0.15) is 5.58 Å². The second-order valence-corrected chi connectivity index (χ2v) is 13.4. The summed E-state index contributed by atoms with van der Waals surface area (Å²) >= 11 is 0. The third kappa shape index (κ3) is 14.9. The summed E-state index contributed by atoms with van der Waals surface area (Å²) in [7, 11) is 0. The minimum atomic E-state index is -0.449. The van der Waals surface area contributed by atoms with E-state index in [9.17, 15) is 9.59 Å². The van der Waals surface area contributed by atoms with E-state index in [4.69, 9.17) is 9.15 Å². The second kappa shape index (κ2) is 23.9. The number of hydrogen-bond acceptors (Lipinski definition) is 5. The molecule has 0 aliphatic carbocycles. The van der Waals surface area contributed by atoms with E-state index in [1.54, 1.807) is 12.1 Å². The predicted molar refractivity (Wildman–Crippen MR) is 204 cm³/mol. The number of unbranched alkanes of at least 4 members (excludes halogenated alkanes) is 19. The van der Waals surface area contributed by atoms with Crippen molar-refractivity contribution in [3.8, 4) is 11.1 Å². The molecule has 0 bridgehead atoms. The standard InChI is InChI=1S/C42H64N2O4/c1-4-7-8-9-10-11-12-13-14-15-16-17-18-19-20-21-22-23-24-25-32-47-42(46)43-37-29-26-35(27-30-37)39-33-36-28-31-38(44(5-2)6-3)34-40(36)48-41(39)45/h26-31,33-34H,4-25,32H2,1-3H3,(H,43,46). The molecule has 0 fully saturated rings. The average molecular weight is 661 g/mol. The van der Waals surface area contributed by atoms with Gasteiger partial charge in [-0.15, -0.1) is 0 Å². The molecule has 1 amide bonds. The van der Waals surface area contributed by atoms with E-state index in [2.05, 4.69) is 37.1 Å². The van der Waals surface area contributed by atoms with Crippen LogP contribution in [0.4, 0.5) is 16.2 Å². The van der Waals surface area contributed by atoms with Crippen molar-refractivity contribution in [3.05, 3.63) is 59.0 Å². The fourth-order valence-corrected chi connectivity index (χ4v) is 6.50. The highest BCUT2D eigenvalue weighted by Crippen LogP contribution is 2.26. The largest absolute Gasteiger partial charge is 0.449 e. The summed E-state index contributed by atoms with van der Waals surface area (Å²) in [6.07, 6.45) is 26.5. The zero-order chi connectivity index (χ0) is 34.2. The van der Waals surface area contributed by atoms with E-state index >= 15 is 0 Å². The van der Waals surface area contributed by atoms with Crippen LogP contribution >= 0.6 is 0 Å². The van der Waals surface area contributed by atoms with Crippen molar-refractivity contribution in [1.29, 1.82) is 0 Å². The Bertz CT molecular complexity index is 1350. The molecule has 3 rings (SSSR count). The molecule has 266 valence electrons. The lowest BCUT2D eigenvalue weighted by molar-refractivity contribution is 0.159. The van der Waals surface area contributed by atoms with Crippen molar-refractivity contribution in [2.24, 2.45) is 0 Å². The van der Waals surface area contributed by atoms with Gasteiger partial charge in [0.25, 0.3) is 0 Å². The summed E-state index contributed by atoms with van der Waals surface area (Å²) in [5.41, 5.74) is 3.09. The summed E-state index contributed by atoms with van der Waals surface area (Å²) in [6, 6.07) is 15.0. The Balaban J connectivity index is 1.19. The Kier molecular flexibility index (Phi) is 19.5. The maximum Gasteiger partial charge on any atom is 0.411 e. The Hall–Kier alpha value is -3.28. The molecule has 0 aliphatic rings. The minimum absolute atomic E-state index is 0.380. The first-order chi connectivity index (χ1) is 23.5. The molecular formula is C42H64N2O4. The van der Waals surface area contributed by atoms with Gasteiger partial charge in [0.2, 0.25) is 0 Å². The molecule has 0 saturated heterocycles. The molecule has 1 N–H and O–H groups in total. The van der Waals surface area contributed by atoms with Crippen LogP contribution in [0, 0.1) is 0 Å². The number of benzene rings is 2. The van der Waals surface area contributed by atoms with Gasteiger partial charge in [-0.05, 0) is 56.2 Å². The van der Waals surface area contributed by atoms with Crippen LogP contribution in [0.2, 0.25) is 0 Å². The van der Waals surface area contributed by atoms with Gasteiger partial charge >= 0.3 is 11.7 Å². The van der Waals surface area contributed by atoms with Crippen LogP contribution in [0.5, 0.6) is 0 Å². The highest BCUT2D eigenvalue weighted by molar-refractivity contribution is 5.86. The number of ether oxygens (including phenoxy) is 1. The number of anilines is 2. The summed E-state index contributed by atoms with van der Waals surface area (Å²) in [4.78, 5) is 27.3. The highest BCUT2D eigenvalue weighted by atomic mass is 16.5. The van der Waals surface area contributed by atoms with Gasteiger partial charge in [0.15, 0.2) is 0 Å². The number of amides is 1. The Labute approximate surface area is 291 Å². The fourth-order valence-electron chi connectivity index (χ4n) is 6.50. The zero-order valence-corrected chi connectivity index (χ0v) is 30.5. The van der Waals surface area contributed by atoms with E-state index in [0.29, 0.717) is 23.4 Å². The van der Waals surface area contributed by atoms with E-state index in [-0.39, 0.29) is 5.63 Å². The smallest absolute Gasteiger partial charge is 0.411 e. The van der Waals surface area contributed by atoms with Gasteiger partial charge in [0, 0.05) is 35.9 Å². The first-order valence-corrected chi connectivity index (χ1v) is 19.4. The maximum atomic E-state index is 12.8. The zero-order valence-electron chi connectivity index (χ0n) is 30.5. The molecule has 6 nitrogen and oxygen atoms in total. The van der Waals surface area contributed by atoms with Crippen LogP contribution in [0.25, 0.3) is 22.1 Å². The van der Waals surface area contributed by atoms with Crippen molar-refractivity contribution in [1.82, 2.24) is 0 Å². The van der Waals surface area contributed by atoms with Gasteiger partial charge < -0.3 is 14.1 Å². The van der Waals surface area contributed by atoms with Crippen LogP contribution in [-0.4, -0.2) is 25.8 Å². The van der Waals surface area contributed by atoms with E-state index in [0.717, 1.165) is 42.6 Å². The number of fused-ring (bicyclic) bond motifs is 1. The monoisotopic (exact) mass is 660 g/mol. The van der Waals surface area contributed by atoms with E-state index in [1.807, 2.05) is 30.3 Å². The van der Waals surface area contributed by atoms with Gasteiger partial charge in [0.05, 0.1) is 12.2 Å².